The maximum absolute atomic E-state index is 16.0. The number of imidazole rings is 1. The van der Waals surface area contributed by atoms with Crippen molar-refractivity contribution in [1.82, 2.24) is 29.4 Å². The molecule has 1 N–H and O–H groups in total. The van der Waals surface area contributed by atoms with E-state index in [2.05, 4.69) is 31.7 Å². The minimum atomic E-state index is -0.640. The van der Waals surface area contributed by atoms with Crippen molar-refractivity contribution in [3.63, 3.8) is 0 Å². The van der Waals surface area contributed by atoms with E-state index >= 15 is 4.39 Å². The summed E-state index contributed by atoms with van der Waals surface area (Å²) in [6.45, 7) is 8.81. The number of aromatic nitrogens is 5. The Morgan fingerprint density at radius 1 is 1.11 bits per heavy atom. The van der Waals surface area contributed by atoms with Gasteiger partial charge in [-0.25, -0.2) is 28.7 Å². The molecule has 1 amide bonds. The van der Waals surface area contributed by atoms with Crippen LogP contribution in [-0.4, -0.2) is 68.1 Å². The van der Waals surface area contributed by atoms with E-state index < -0.39 is 11.6 Å². The van der Waals surface area contributed by atoms with Crippen LogP contribution in [-0.2, 0) is 11.8 Å². The Bertz CT molecular complexity index is 1930. The lowest BCUT2D eigenvalue weighted by molar-refractivity contribution is -0.128. The monoisotopic (exact) mass is 600 g/mol. The summed E-state index contributed by atoms with van der Waals surface area (Å²) in [7, 11) is 3.10. The third-order valence-electron chi connectivity index (χ3n) is 7.73. The molecule has 0 saturated carbocycles. The maximum atomic E-state index is 16.0. The molecule has 6 rings (SSSR count). The first-order valence-electron chi connectivity index (χ1n) is 13.9. The van der Waals surface area contributed by atoms with E-state index in [9.17, 15) is 9.18 Å². The van der Waals surface area contributed by atoms with Crippen LogP contribution in [0.2, 0.25) is 0 Å². The lowest BCUT2D eigenvalue weighted by atomic mass is 10.1. The Kier molecular flexibility index (Phi) is 7.45. The van der Waals surface area contributed by atoms with Gasteiger partial charge in [-0.15, -0.1) is 0 Å². The van der Waals surface area contributed by atoms with Crippen LogP contribution in [0, 0.1) is 18.6 Å². The first kappa shape index (κ1) is 28.8. The van der Waals surface area contributed by atoms with E-state index in [0.717, 1.165) is 0 Å². The summed E-state index contributed by atoms with van der Waals surface area (Å²) in [6, 6.07) is 7.98. The van der Waals surface area contributed by atoms with Crippen LogP contribution in [0.25, 0.3) is 22.1 Å². The maximum Gasteiger partial charge on any atom is 0.246 e. The van der Waals surface area contributed by atoms with Crippen molar-refractivity contribution >= 4 is 45.3 Å². The second-order valence-corrected chi connectivity index (χ2v) is 10.5. The average molecular weight is 601 g/mol. The zero-order valence-electron chi connectivity index (χ0n) is 24.6. The molecule has 1 atom stereocenters. The SMILES string of the molecule is C=CC(=O)N1CCN(c2ccc3ncnc(Nc4c(OC)cc(Oc5cc(F)c6c(c5)ncn6C)c(C)c4F)c3n2)C[C@H]1C. The molecule has 3 aromatic heterocycles. The Morgan fingerprint density at radius 3 is 2.68 bits per heavy atom. The normalized spacial score (nSPS) is 15.1. The molecule has 2 aromatic carbocycles. The molecule has 0 bridgehead atoms. The van der Waals surface area contributed by atoms with Gasteiger partial charge in [-0.1, -0.05) is 6.58 Å². The molecule has 1 fully saturated rings. The van der Waals surface area contributed by atoms with Crippen molar-refractivity contribution in [2.75, 3.05) is 37.0 Å². The van der Waals surface area contributed by atoms with Gasteiger partial charge in [0.15, 0.2) is 17.5 Å². The van der Waals surface area contributed by atoms with Gasteiger partial charge < -0.3 is 29.2 Å². The molecule has 11 nitrogen and oxygen atoms in total. The molecule has 5 aromatic rings. The topological polar surface area (TPSA) is 111 Å². The molecule has 226 valence electrons. The molecule has 0 unspecified atom stereocenters. The molecule has 0 aliphatic carbocycles. The van der Waals surface area contributed by atoms with E-state index in [1.54, 1.807) is 29.5 Å². The first-order chi connectivity index (χ1) is 21.2. The number of pyridine rings is 1. The second kappa shape index (κ2) is 11.4. The number of ether oxygens (including phenoxy) is 2. The average Bonchev–Trinajstić information content (AvgIpc) is 3.40. The number of nitrogens with zero attached hydrogens (tertiary/aromatic N) is 7. The fourth-order valence-electron chi connectivity index (χ4n) is 5.41. The van der Waals surface area contributed by atoms with E-state index in [1.807, 2.05) is 19.1 Å². The molecule has 1 saturated heterocycles. The van der Waals surface area contributed by atoms with Gasteiger partial charge in [0.25, 0.3) is 0 Å². The summed E-state index contributed by atoms with van der Waals surface area (Å²) in [5.41, 5.74) is 1.94. The highest BCUT2D eigenvalue weighted by molar-refractivity contribution is 5.89. The summed E-state index contributed by atoms with van der Waals surface area (Å²) in [6.07, 6.45) is 4.20. The quantitative estimate of drug-likeness (QED) is 0.250. The van der Waals surface area contributed by atoms with Crippen LogP contribution in [0.4, 0.5) is 26.1 Å². The van der Waals surface area contributed by atoms with Crippen molar-refractivity contribution in [1.29, 1.82) is 0 Å². The smallest absolute Gasteiger partial charge is 0.246 e. The number of fused-ring (bicyclic) bond motifs is 2. The van der Waals surface area contributed by atoms with Crippen LogP contribution in [0.5, 0.6) is 17.2 Å². The Balaban J connectivity index is 1.31. The van der Waals surface area contributed by atoms with Gasteiger partial charge in [-0.3, -0.25) is 4.79 Å². The number of piperazine rings is 1. The Morgan fingerprint density at radius 2 is 1.93 bits per heavy atom. The minimum absolute atomic E-state index is 0.0288. The van der Waals surface area contributed by atoms with Crippen LogP contribution in [0.15, 0.2) is 55.6 Å². The molecule has 44 heavy (non-hydrogen) atoms. The predicted molar refractivity (Wildman–Crippen MR) is 163 cm³/mol. The lowest BCUT2D eigenvalue weighted by Gasteiger charge is -2.40. The zero-order valence-corrected chi connectivity index (χ0v) is 24.6. The van der Waals surface area contributed by atoms with Gasteiger partial charge in [0.1, 0.15) is 46.1 Å². The minimum Gasteiger partial charge on any atom is -0.494 e. The number of nitrogens with one attached hydrogen (secondary N) is 1. The highest BCUT2D eigenvalue weighted by Crippen LogP contribution is 2.40. The molecule has 0 radical (unpaired) electrons. The summed E-state index contributed by atoms with van der Waals surface area (Å²) < 4.78 is 43.7. The van der Waals surface area contributed by atoms with Gasteiger partial charge in [0.05, 0.1) is 24.5 Å². The number of carbonyl (C=O) groups is 1. The number of rotatable bonds is 7. The van der Waals surface area contributed by atoms with Crippen molar-refractivity contribution in [3.8, 4) is 17.2 Å². The van der Waals surface area contributed by atoms with Crippen molar-refractivity contribution in [3.05, 3.63) is 72.8 Å². The van der Waals surface area contributed by atoms with Gasteiger partial charge in [-0.05, 0) is 32.1 Å². The number of hydrogen-bond acceptors (Lipinski definition) is 9. The molecule has 13 heteroatoms. The summed E-state index contributed by atoms with van der Waals surface area (Å²) in [4.78, 5) is 33.7. The fraction of sp³-hybridized carbons (Fsp3) is 0.258. The highest BCUT2D eigenvalue weighted by Gasteiger charge is 2.27. The van der Waals surface area contributed by atoms with Crippen LogP contribution < -0.4 is 19.7 Å². The molecule has 1 aliphatic rings. The summed E-state index contributed by atoms with van der Waals surface area (Å²) in [5.74, 6) is 0.159. The second-order valence-electron chi connectivity index (χ2n) is 10.5. The standard InChI is InChI=1S/C31H30F2N8O3/c1-6-26(42)41-10-9-40(14-17(41)2)25-8-7-21-28(37-25)31(35-15-34-21)38-29-24(43-5)13-23(18(3)27(29)33)44-19-11-20(32)30-22(12-19)36-16-39(30)4/h6-8,11-13,15-17H,1,9-10,14H2,2-5H3,(H,34,35,38)/t17-/m1/s1. The van der Waals surface area contributed by atoms with Gasteiger partial charge in [0, 0.05) is 56.5 Å². The number of methoxy groups -OCH3 is 1. The predicted octanol–water partition coefficient (Wildman–Crippen LogP) is 5.27. The summed E-state index contributed by atoms with van der Waals surface area (Å²) >= 11 is 0. The third-order valence-corrected chi connectivity index (χ3v) is 7.73. The van der Waals surface area contributed by atoms with Gasteiger partial charge >= 0.3 is 0 Å². The number of anilines is 3. The van der Waals surface area contributed by atoms with Gasteiger partial charge in [-0.2, -0.15) is 0 Å². The number of amides is 1. The van der Waals surface area contributed by atoms with E-state index in [0.29, 0.717) is 47.5 Å². The first-order valence-corrected chi connectivity index (χ1v) is 13.9. The van der Waals surface area contributed by atoms with Crippen molar-refractivity contribution < 1.29 is 23.0 Å². The van der Waals surface area contributed by atoms with Crippen molar-refractivity contribution in [2.24, 2.45) is 7.05 Å². The summed E-state index contributed by atoms with van der Waals surface area (Å²) in [5, 5.41) is 3.05. The number of aryl methyl sites for hydroxylation is 1. The Hall–Kier alpha value is -5.33. The van der Waals surface area contributed by atoms with Gasteiger partial charge in [0.2, 0.25) is 5.91 Å². The molecule has 1 aliphatic heterocycles. The van der Waals surface area contributed by atoms with Crippen LogP contribution in [0.3, 0.4) is 0 Å². The number of benzene rings is 2. The number of halogens is 2. The third kappa shape index (κ3) is 5.10. The Labute approximate surface area is 251 Å². The fourth-order valence-corrected chi connectivity index (χ4v) is 5.41. The van der Waals surface area contributed by atoms with Crippen molar-refractivity contribution in [2.45, 2.75) is 19.9 Å². The zero-order chi connectivity index (χ0) is 31.1. The van der Waals surface area contributed by atoms with Crippen LogP contribution >= 0.6 is 0 Å². The molecule has 0 spiro atoms. The number of hydrogen-bond donors (Lipinski definition) is 1. The van der Waals surface area contributed by atoms with Crippen LogP contribution in [0.1, 0.15) is 12.5 Å². The molecular weight excluding hydrogens is 570 g/mol. The van der Waals surface area contributed by atoms with E-state index in [1.165, 1.54) is 38.0 Å². The lowest BCUT2D eigenvalue weighted by Crippen LogP contribution is -2.53. The highest BCUT2D eigenvalue weighted by atomic mass is 19.1. The molecule has 4 heterocycles. The van der Waals surface area contributed by atoms with E-state index in [4.69, 9.17) is 14.5 Å². The molecular formula is C31H30F2N8O3. The number of carbonyl (C=O) groups excluding carboxylic acids is 1. The largest absolute Gasteiger partial charge is 0.494 e. The van der Waals surface area contributed by atoms with E-state index in [-0.39, 0.29) is 46.3 Å².